The fourth-order valence-corrected chi connectivity index (χ4v) is 2.31. The highest BCUT2D eigenvalue weighted by Crippen LogP contribution is 2.15. The molecule has 1 N–H and O–H groups in total. The van der Waals surface area contributed by atoms with Crippen LogP contribution in [0, 0.1) is 6.92 Å². The first kappa shape index (κ1) is 13.8. The third-order valence-electron chi connectivity index (χ3n) is 2.84. The van der Waals surface area contributed by atoms with E-state index in [4.69, 9.17) is 4.52 Å². The van der Waals surface area contributed by atoms with Crippen molar-refractivity contribution in [3.8, 4) is 0 Å². The fraction of sp³-hybridized carbons (Fsp3) is 0.286. The number of aromatic nitrogens is 1. The number of hydrogen-bond donors (Lipinski definition) is 1. The average Bonchev–Trinajstić information content (AvgIpc) is 2.77. The first-order valence-corrected chi connectivity index (χ1v) is 6.89. The molecule has 0 spiro atoms. The Balaban J connectivity index is 2.07. The number of carbonyl (C=O) groups excluding carboxylic acids is 1. The van der Waals surface area contributed by atoms with Crippen molar-refractivity contribution in [2.45, 2.75) is 26.8 Å². The van der Waals surface area contributed by atoms with Crippen LogP contribution in [-0.4, -0.2) is 11.1 Å². The monoisotopic (exact) mass is 322 g/mol. The van der Waals surface area contributed by atoms with Crippen LogP contribution in [0.5, 0.6) is 0 Å². The molecule has 19 heavy (non-hydrogen) atoms. The second-order valence-electron chi connectivity index (χ2n) is 4.23. The fourth-order valence-electron chi connectivity index (χ4n) is 1.87. The molecule has 0 bridgehead atoms. The van der Waals surface area contributed by atoms with Gasteiger partial charge in [0.25, 0.3) is 5.91 Å². The molecule has 1 amide bonds. The summed E-state index contributed by atoms with van der Waals surface area (Å²) < 4.78 is 6.06. The summed E-state index contributed by atoms with van der Waals surface area (Å²) in [6.07, 6.45) is 0.678. The lowest BCUT2D eigenvalue weighted by Crippen LogP contribution is -2.24. The van der Waals surface area contributed by atoms with Gasteiger partial charge in [0.05, 0.1) is 5.69 Å². The maximum atomic E-state index is 12.1. The Morgan fingerprint density at radius 3 is 2.95 bits per heavy atom. The van der Waals surface area contributed by atoms with Crippen molar-refractivity contribution in [3.05, 3.63) is 51.3 Å². The first-order valence-electron chi connectivity index (χ1n) is 6.09. The first-order chi connectivity index (χ1) is 9.11. The van der Waals surface area contributed by atoms with Crippen LogP contribution >= 0.6 is 15.9 Å². The molecule has 0 aliphatic rings. The molecule has 1 aromatic carbocycles. The van der Waals surface area contributed by atoms with Crippen LogP contribution in [0.3, 0.4) is 0 Å². The predicted octanol–water partition coefficient (Wildman–Crippen LogP) is 3.24. The minimum absolute atomic E-state index is 0.143. The Bertz CT molecular complexity index is 593. The largest absolute Gasteiger partial charge is 0.361 e. The number of halogens is 1. The Morgan fingerprint density at radius 2 is 2.26 bits per heavy atom. The molecule has 0 radical (unpaired) electrons. The minimum atomic E-state index is -0.143. The van der Waals surface area contributed by atoms with E-state index in [1.54, 1.807) is 6.92 Å². The Labute approximate surface area is 120 Å². The third kappa shape index (κ3) is 3.23. The van der Waals surface area contributed by atoms with Crippen molar-refractivity contribution in [3.63, 3.8) is 0 Å². The number of benzene rings is 1. The summed E-state index contributed by atoms with van der Waals surface area (Å²) in [4.78, 5) is 12.1. The Kier molecular flexibility index (Phi) is 4.37. The molecule has 0 aliphatic carbocycles. The number of aryl methyl sites for hydroxylation is 2. The summed E-state index contributed by atoms with van der Waals surface area (Å²) in [7, 11) is 0. The van der Waals surface area contributed by atoms with Crippen LogP contribution in [0.25, 0.3) is 0 Å². The maximum absolute atomic E-state index is 12.1. The normalized spacial score (nSPS) is 10.5. The van der Waals surface area contributed by atoms with Crippen molar-refractivity contribution in [2.24, 2.45) is 0 Å². The van der Waals surface area contributed by atoms with Crippen molar-refractivity contribution in [1.82, 2.24) is 10.5 Å². The zero-order valence-electron chi connectivity index (χ0n) is 10.9. The molecule has 2 rings (SSSR count). The van der Waals surface area contributed by atoms with Gasteiger partial charge in [-0.05, 0) is 31.0 Å². The number of nitrogens with one attached hydrogen (secondary N) is 1. The summed E-state index contributed by atoms with van der Waals surface area (Å²) in [5.74, 6) is 0.416. The van der Waals surface area contributed by atoms with Gasteiger partial charge in [-0.15, -0.1) is 0 Å². The molecule has 0 aliphatic heterocycles. The maximum Gasteiger partial charge on any atom is 0.257 e. The number of hydrogen-bond acceptors (Lipinski definition) is 3. The Hall–Kier alpha value is -1.62. The quantitative estimate of drug-likeness (QED) is 0.940. The van der Waals surface area contributed by atoms with E-state index in [0.29, 0.717) is 30.0 Å². The summed E-state index contributed by atoms with van der Waals surface area (Å²) in [5.41, 5.74) is 2.29. The van der Waals surface area contributed by atoms with E-state index < -0.39 is 0 Å². The van der Waals surface area contributed by atoms with Gasteiger partial charge in [-0.3, -0.25) is 4.79 Å². The number of amides is 1. The lowest BCUT2D eigenvalue weighted by molar-refractivity contribution is 0.0948. The number of nitrogens with zero attached hydrogens (tertiary/aromatic N) is 1. The van der Waals surface area contributed by atoms with Crippen molar-refractivity contribution < 1.29 is 9.32 Å². The average molecular weight is 323 g/mol. The van der Waals surface area contributed by atoms with Crippen LogP contribution in [0.2, 0.25) is 0 Å². The lowest BCUT2D eigenvalue weighted by atomic mass is 10.1. The standard InChI is InChI=1S/C14H15BrN2O2/c1-3-12-13(9(2)19-17-12)14(18)16-8-10-5-4-6-11(15)7-10/h4-7H,3,8H2,1-2H3,(H,16,18). The van der Waals surface area contributed by atoms with Gasteiger partial charge in [-0.25, -0.2) is 0 Å². The molecule has 0 unspecified atom stereocenters. The summed E-state index contributed by atoms with van der Waals surface area (Å²) in [5, 5.41) is 6.77. The molecule has 100 valence electrons. The summed E-state index contributed by atoms with van der Waals surface area (Å²) in [6.45, 7) is 4.18. The van der Waals surface area contributed by atoms with Crippen molar-refractivity contribution >= 4 is 21.8 Å². The molecule has 1 aromatic heterocycles. The molecule has 1 heterocycles. The highest BCUT2D eigenvalue weighted by atomic mass is 79.9. The van der Waals surface area contributed by atoms with E-state index in [0.717, 1.165) is 10.0 Å². The van der Waals surface area contributed by atoms with Crippen LogP contribution in [-0.2, 0) is 13.0 Å². The third-order valence-corrected chi connectivity index (χ3v) is 3.33. The van der Waals surface area contributed by atoms with Gasteiger partial charge in [-0.2, -0.15) is 0 Å². The second kappa shape index (κ2) is 6.02. The van der Waals surface area contributed by atoms with E-state index in [9.17, 15) is 4.79 Å². The molecule has 0 saturated carbocycles. The second-order valence-corrected chi connectivity index (χ2v) is 5.14. The highest BCUT2D eigenvalue weighted by molar-refractivity contribution is 9.10. The van der Waals surface area contributed by atoms with E-state index in [1.165, 1.54) is 0 Å². The van der Waals surface area contributed by atoms with Gasteiger partial charge in [-0.1, -0.05) is 40.1 Å². The predicted molar refractivity (Wildman–Crippen MR) is 75.9 cm³/mol. The summed E-state index contributed by atoms with van der Waals surface area (Å²) >= 11 is 3.40. The summed E-state index contributed by atoms with van der Waals surface area (Å²) in [6, 6.07) is 7.83. The SMILES string of the molecule is CCc1noc(C)c1C(=O)NCc1cccc(Br)c1. The minimum Gasteiger partial charge on any atom is -0.361 e. The van der Waals surface area contributed by atoms with Gasteiger partial charge in [0.1, 0.15) is 11.3 Å². The van der Waals surface area contributed by atoms with Gasteiger partial charge in [0, 0.05) is 11.0 Å². The molecular formula is C14H15BrN2O2. The number of carbonyl (C=O) groups is 1. The van der Waals surface area contributed by atoms with Crippen molar-refractivity contribution in [1.29, 1.82) is 0 Å². The van der Waals surface area contributed by atoms with Crippen LogP contribution < -0.4 is 5.32 Å². The number of rotatable bonds is 4. The van der Waals surface area contributed by atoms with Crippen LogP contribution in [0.15, 0.2) is 33.3 Å². The van der Waals surface area contributed by atoms with E-state index >= 15 is 0 Å². The molecular weight excluding hydrogens is 308 g/mol. The van der Waals surface area contributed by atoms with Gasteiger partial charge >= 0.3 is 0 Å². The zero-order valence-corrected chi connectivity index (χ0v) is 12.5. The smallest absolute Gasteiger partial charge is 0.257 e. The van der Waals surface area contributed by atoms with E-state index in [2.05, 4.69) is 26.4 Å². The van der Waals surface area contributed by atoms with E-state index in [-0.39, 0.29) is 5.91 Å². The highest BCUT2D eigenvalue weighted by Gasteiger charge is 2.18. The molecule has 2 aromatic rings. The van der Waals surface area contributed by atoms with E-state index in [1.807, 2.05) is 31.2 Å². The van der Waals surface area contributed by atoms with Crippen molar-refractivity contribution in [2.75, 3.05) is 0 Å². The molecule has 0 saturated heterocycles. The lowest BCUT2D eigenvalue weighted by Gasteiger charge is -2.05. The van der Waals surface area contributed by atoms with Gasteiger partial charge in [0.15, 0.2) is 0 Å². The van der Waals surface area contributed by atoms with Gasteiger partial charge in [0.2, 0.25) is 0 Å². The topological polar surface area (TPSA) is 55.1 Å². The molecule has 0 fully saturated rings. The van der Waals surface area contributed by atoms with Crippen LogP contribution in [0.4, 0.5) is 0 Å². The van der Waals surface area contributed by atoms with Crippen LogP contribution in [0.1, 0.15) is 34.3 Å². The molecule has 0 atom stereocenters. The Morgan fingerprint density at radius 1 is 1.47 bits per heavy atom. The van der Waals surface area contributed by atoms with Gasteiger partial charge < -0.3 is 9.84 Å². The molecule has 5 heteroatoms. The zero-order chi connectivity index (χ0) is 13.8. The molecule has 4 nitrogen and oxygen atoms in total.